The number of aliphatic imine (C=N–C) groups is 1. The molecule has 10 heteroatoms. The fourth-order valence-electron chi connectivity index (χ4n) is 2.38. The Hall–Kier alpha value is -2.22. The average molecular weight is 435 g/mol. The van der Waals surface area contributed by atoms with Gasteiger partial charge in [0.05, 0.1) is 31.9 Å². The second-order valence-electron chi connectivity index (χ2n) is 5.39. The summed E-state index contributed by atoms with van der Waals surface area (Å²) < 4.78 is 39.1. The Kier molecular flexibility index (Phi) is 5.37. The molecule has 0 amide bonds. The van der Waals surface area contributed by atoms with Crippen molar-refractivity contribution in [3.8, 4) is 0 Å². The van der Waals surface area contributed by atoms with Crippen molar-refractivity contribution in [2.75, 3.05) is 5.01 Å². The van der Waals surface area contributed by atoms with E-state index >= 15 is 0 Å². The zero-order chi connectivity index (χ0) is 19.8. The molecule has 0 fully saturated rings. The number of carbonyl (C=O) groups excluding carboxylic acids is 1. The molecule has 1 heterocycles. The Morgan fingerprint density at radius 1 is 1.04 bits per heavy atom. The summed E-state index contributed by atoms with van der Waals surface area (Å²) >= 11 is 18.0. The molecule has 140 valence electrons. The average Bonchev–Trinajstić information content (AvgIpc) is 2.61. The SMILES string of the molecule is O=C(c1ccc(Cl)c(C(F)(F)F)c1)c1c(Cl)cc(N2C=NC=CN2)cc1Cl. The van der Waals surface area contributed by atoms with Crippen LogP contribution in [0.15, 0.2) is 47.7 Å². The van der Waals surface area contributed by atoms with Crippen molar-refractivity contribution in [2.24, 2.45) is 4.99 Å². The van der Waals surface area contributed by atoms with Gasteiger partial charge in [0.2, 0.25) is 0 Å². The number of nitrogens with zero attached hydrogens (tertiary/aromatic N) is 2. The summed E-state index contributed by atoms with van der Waals surface area (Å²) in [7, 11) is 0. The van der Waals surface area contributed by atoms with Gasteiger partial charge in [0, 0.05) is 18.0 Å². The molecule has 0 atom stereocenters. The zero-order valence-corrected chi connectivity index (χ0v) is 15.5. The molecule has 4 nitrogen and oxygen atoms in total. The van der Waals surface area contributed by atoms with E-state index in [2.05, 4.69) is 10.4 Å². The van der Waals surface area contributed by atoms with Gasteiger partial charge >= 0.3 is 6.18 Å². The molecule has 0 saturated heterocycles. The topological polar surface area (TPSA) is 44.7 Å². The molecule has 0 aromatic heterocycles. The fraction of sp³-hybridized carbons (Fsp3) is 0.0588. The molecule has 0 unspecified atom stereocenters. The number of ketones is 1. The van der Waals surface area contributed by atoms with Crippen LogP contribution < -0.4 is 10.4 Å². The molecular weight excluding hydrogens is 426 g/mol. The summed E-state index contributed by atoms with van der Waals surface area (Å²) in [5.74, 6) is -0.751. The van der Waals surface area contributed by atoms with E-state index in [1.807, 2.05) is 0 Å². The minimum atomic E-state index is -4.70. The minimum absolute atomic E-state index is 0.0178. The molecule has 0 radical (unpaired) electrons. The number of halogens is 6. The number of hydrogen-bond acceptors (Lipinski definition) is 4. The lowest BCUT2D eigenvalue weighted by Gasteiger charge is -2.22. The van der Waals surface area contributed by atoms with E-state index in [-0.39, 0.29) is 21.2 Å². The summed E-state index contributed by atoms with van der Waals surface area (Å²) in [4.78, 5) is 16.6. The van der Waals surface area contributed by atoms with Crippen LogP contribution in [-0.2, 0) is 6.18 Å². The van der Waals surface area contributed by atoms with Gasteiger partial charge in [-0.05, 0) is 30.3 Å². The number of anilines is 1. The van der Waals surface area contributed by atoms with Crippen LogP contribution in [0.4, 0.5) is 18.9 Å². The third-order valence-corrected chi connectivity index (χ3v) is 4.55. The number of benzene rings is 2. The molecule has 0 spiro atoms. The van der Waals surface area contributed by atoms with Crippen LogP contribution in [0.5, 0.6) is 0 Å². The van der Waals surface area contributed by atoms with Crippen LogP contribution in [0, 0.1) is 0 Å². The maximum Gasteiger partial charge on any atom is 0.417 e. The highest BCUT2D eigenvalue weighted by atomic mass is 35.5. The van der Waals surface area contributed by atoms with Gasteiger partial charge in [-0.2, -0.15) is 13.2 Å². The standard InChI is InChI=1S/C17H9Cl3F3N3O/c18-12-2-1-9(5-11(12)17(21,22)23)16(27)15-13(19)6-10(7-14(15)20)26-8-24-3-4-25-26/h1-8,25H. The van der Waals surface area contributed by atoms with Gasteiger partial charge in [-0.25, -0.2) is 10.0 Å². The summed E-state index contributed by atoms with van der Waals surface area (Å²) in [6, 6.07) is 5.76. The molecular formula is C17H9Cl3F3N3O. The van der Waals surface area contributed by atoms with Crippen molar-refractivity contribution < 1.29 is 18.0 Å². The lowest BCUT2D eigenvalue weighted by Crippen LogP contribution is -2.34. The highest BCUT2D eigenvalue weighted by molar-refractivity contribution is 6.41. The first-order valence-corrected chi connectivity index (χ1v) is 8.46. The number of hydrogen-bond donors (Lipinski definition) is 1. The summed E-state index contributed by atoms with van der Waals surface area (Å²) in [6.07, 6.45) is -0.153. The molecule has 1 N–H and O–H groups in total. The first-order valence-electron chi connectivity index (χ1n) is 7.32. The predicted molar refractivity (Wildman–Crippen MR) is 99.6 cm³/mol. The second kappa shape index (κ2) is 7.42. The summed E-state index contributed by atoms with van der Waals surface area (Å²) in [5, 5.41) is 0.956. The number of rotatable bonds is 3. The Bertz CT molecular complexity index is 951. The fourth-order valence-corrected chi connectivity index (χ4v) is 3.25. The van der Waals surface area contributed by atoms with Crippen LogP contribution in [0.25, 0.3) is 0 Å². The van der Waals surface area contributed by atoms with Crippen LogP contribution in [-0.4, -0.2) is 12.1 Å². The lowest BCUT2D eigenvalue weighted by atomic mass is 10.0. The van der Waals surface area contributed by atoms with Crippen LogP contribution in [0.1, 0.15) is 21.5 Å². The molecule has 0 bridgehead atoms. The van der Waals surface area contributed by atoms with Gasteiger partial charge in [0.25, 0.3) is 0 Å². The quantitative estimate of drug-likeness (QED) is 0.628. The monoisotopic (exact) mass is 433 g/mol. The van der Waals surface area contributed by atoms with E-state index in [1.165, 1.54) is 35.7 Å². The minimum Gasteiger partial charge on any atom is -0.299 e. The number of hydrazine groups is 1. The molecule has 0 saturated carbocycles. The van der Waals surface area contributed by atoms with Gasteiger partial charge in [0.1, 0.15) is 6.34 Å². The van der Waals surface area contributed by atoms with Crippen molar-refractivity contribution in [1.82, 2.24) is 5.43 Å². The number of alkyl halides is 3. The Labute approximate surface area is 166 Å². The normalized spacial score (nSPS) is 13.6. The largest absolute Gasteiger partial charge is 0.417 e. The van der Waals surface area contributed by atoms with E-state index in [4.69, 9.17) is 34.8 Å². The van der Waals surface area contributed by atoms with Gasteiger partial charge in [-0.15, -0.1) is 0 Å². The highest BCUT2D eigenvalue weighted by Crippen LogP contribution is 2.37. The summed E-state index contributed by atoms with van der Waals surface area (Å²) in [5.41, 5.74) is 1.90. The Balaban J connectivity index is 2.00. The molecule has 1 aliphatic heterocycles. The highest BCUT2D eigenvalue weighted by Gasteiger charge is 2.34. The van der Waals surface area contributed by atoms with Crippen molar-refractivity contribution in [2.45, 2.75) is 6.18 Å². The van der Waals surface area contributed by atoms with Crippen LogP contribution in [0.2, 0.25) is 15.1 Å². The van der Waals surface area contributed by atoms with E-state index in [0.717, 1.165) is 6.07 Å². The molecule has 3 rings (SSSR count). The molecule has 2 aromatic rings. The molecule has 1 aliphatic rings. The third kappa shape index (κ3) is 4.05. The lowest BCUT2D eigenvalue weighted by molar-refractivity contribution is -0.137. The maximum atomic E-state index is 13.0. The van der Waals surface area contributed by atoms with Gasteiger partial charge in [-0.3, -0.25) is 10.2 Å². The van der Waals surface area contributed by atoms with Crippen LogP contribution >= 0.6 is 34.8 Å². The van der Waals surface area contributed by atoms with E-state index < -0.39 is 22.5 Å². The van der Waals surface area contributed by atoms with Crippen molar-refractivity contribution in [3.63, 3.8) is 0 Å². The predicted octanol–water partition coefficient (Wildman–Crippen LogP) is 5.72. The first kappa shape index (κ1) is 19.5. The Morgan fingerprint density at radius 3 is 2.26 bits per heavy atom. The maximum absolute atomic E-state index is 13.0. The smallest absolute Gasteiger partial charge is 0.299 e. The second-order valence-corrected chi connectivity index (χ2v) is 6.61. The van der Waals surface area contributed by atoms with E-state index in [0.29, 0.717) is 11.8 Å². The molecule has 0 aliphatic carbocycles. The van der Waals surface area contributed by atoms with E-state index in [1.54, 1.807) is 6.20 Å². The molecule has 2 aromatic carbocycles. The summed E-state index contributed by atoms with van der Waals surface area (Å²) in [6.45, 7) is 0. The molecule has 27 heavy (non-hydrogen) atoms. The van der Waals surface area contributed by atoms with Gasteiger partial charge in [-0.1, -0.05) is 34.8 Å². The Morgan fingerprint density at radius 2 is 1.70 bits per heavy atom. The zero-order valence-electron chi connectivity index (χ0n) is 13.2. The van der Waals surface area contributed by atoms with Crippen molar-refractivity contribution in [1.29, 1.82) is 0 Å². The third-order valence-electron chi connectivity index (χ3n) is 3.62. The van der Waals surface area contributed by atoms with Crippen molar-refractivity contribution >= 4 is 52.6 Å². The van der Waals surface area contributed by atoms with Crippen LogP contribution in [0.3, 0.4) is 0 Å². The van der Waals surface area contributed by atoms with E-state index in [9.17, 15) is 18.0 Å². The number of nitrogens with one attached hydrogen (secondary N) is 1. The van der Waals surface area contributed by atoms with Gasteiger partial charge in [0.15, 0.2) is 5.78 Å². The number of carbonyl (C=O) groups is 1. The van der Waals surface area contributed by atoms with Crippen molar-refractivity contribution in [3.05, 3.63) is 74.5 Å². The first-order chi connectivity index (χ1) is 12.7. The van der Waals surface area contributed by atoms with Gasteiger partial charge < -0.3 is 0 Å².